The van der Waals surface area contributed by atoms with Crippen LogP contribution in [0.1, 0.15) is 65.2 Å². The van der Waals surface area contributed by atoms with E-state index in [9.17, 15) is 4.79 Å². The lowest BCUT2D eigenvalue weighted by atomic mass is 10.1. The minimum atomic E-state index is -0.188. The number of hydrogen-bond donors (Lipinski definition) is 1. The van der Waals surface area contributed by atoms with Crippen molar-refractivity contribution in [1.29, 1.82) is 0 Å². The fraction of sp³-hybridized carbons (Fsp3) is 0.812. The highest BCUT2D eigenvalue weighted by molar-refractivity contribution is 5.74. The lowest BCUT2D eigenvalue weighted by Crippen LogP contribution is -2.47. The first-order chi connectivity index (χ1) is 10.7. The smallest absolute Gasteiger partial charge is 0.318 e. The average Bonchev–Trinajstić information content (AvgIpc) is 2.87. The van der Waals surface area contributed by atoms with E-state index in [1.165, 1.54) is 0 Å². The Balaban J connectivity index is 1.93. The van der Waals surface area contributed by atoms with Gasteiger partial charge in [-0.2, -0.15) is 0 Å². The van der Waals surface area contributed by atoms with Crippen LogP contribution in [0.2, 0.25) is 0 Å². The molecule has 1 unspecified atom stereocenters. The molecular weight excluding hydrogens is 294 g/mol. The van der Waals surface area contributed by atoms with Gasteiger partial charge in [0.2, 0.25) is 0 Å². The first-order valence-electron chi connectivity index (χ1n) is 8.32. The second-order valence-electron chi connectivity index (χ2n) is 7.28. The van der Waals surface area contributed by atoms with Crippen molar-refractivity contribution in [2.45, 2.75) is 65.6 Å². The minimum Gasteiger partial charge on any atom is -0.374 e. The Bertz CT molecular complexity index is 547. The maximum absolute atomic E-state index is 12.4. The van der Waals surface area contributed by atoms with Gasteiger partial charge in [0.15, 0.2) is 5.82 Å². The van der Waals surface area contributed by atoms with Crippen LogP contribution < -0.4 is 5.32 Å². The number of rotatable bonds is 4. The Hall–Kier alpha value is -1.63. The van der Waals surface area contributed by atoms with Gasteiger partial charge in [-0.1, -0.05) is 13.8 Å². The molecule has 0 aliphatic carbocycles. The molecule has 0 saturated heterocycles. The molecular formula is C16H29N5O2. The zero-order valence-electron chi connectivity index (χ0n) is 15.1. The maximum atomic E-state index is 12.4. The van der Waals surface area contributed by atoms with Crippen molar-refractivity contribution < 1.29 is 9.53 Å². The number of hydrogen-bond acceptors (Lipinski definition) is 4. The molecule has 1 aliphatic heterocycles. The van der Waals surface area contributed by atoms with Crippen LogP contribution in [0.15, 0.2) is 0 Å². The molecule has 2 heterocycles. The van der Waals surface area contributed by atoms with E-state index in [-0.39, 0.29) is 17.7 Å². The molecule has 2 amide bonds. The first kappa shape index (κ1) is 17.7. The van der Waals surface area contributed by atoms with Crippen LogP contribution in [0.3, 0.4) is 0 Å². The van der Waals surface area contributed by atoms with Crippen LogP contribution in [-0.2, 0) is 11.3 Å². The van der Waals surface area contributed by atoms with E-state index in [2.05, 4.69) is 33.9 Å². The summed E-state index contributed by atoms with van der Waals surface area (Å²) < 4.78 is 7.76. The number of amides is 2. The number of nitrogens with zero attached hydrogens (tertiary/aromatic N) is 4. The van der Waals surface area contributed by atoms with Crippen LogP contribution in [0.5, 0.6) is 0 Å². The number of nitrogens with one attached hydrogen (secondary N) is 1. The van der Waals surface area contributed by atoms with E-state index >= 15 is 0 Å². The molecule has 0 fully saturated rings. The first-order valence-corrected chi connectivity index (χ1v) is 8.32. The number of ether oxygens (including phenoxy) is 1. The number of carbonyl (C=O) groups excluding carboxylic acids is 1. The monoisotopic (exact) mass is 323 g/mol. The van der Waals surface area contributed by atoms with E-state index in [4.69, 9.17) is 4.74 Å². The zero-order chi connectivity index (χ0) is 17.2. The summed E-state index contributed by atoms with van der Waals surface area (Å²) in [4.78, 5) is 14.2. The fourth-order valence-electron chi connectivity index (χ4n) is 2.73. The molecule has 1 aromatic heterocycles. The Morgan fingerprint density at radius 1 is 1.35 bits per heavy atom. The number of urea groups is 1. The highest BCUT2D eigenvalue weighted by atomic mass is 16.5. The topological polar surface area (TPSA) is 72.3 Å². The van der Waals surface area contributed by atoms with E-state index in [1.807, 2.05) is 32.6 Å². The standard InChI is InChI=1S/C16H29N5O2/c1-11(2)13-18-19-14-12(3)20(8-9-21(13)14)15(22)17-7-10-23-16(4,5)6/h11-12H,7-10H2,1-6H3,(H,17,22). The van der Waals surface area contributed by atoms with Gasteiger partial charge in [-0.05, 0) is 27.7 Å². The Morgan fingerprint density at radius 2 is 2.04 bits per heavy atom. The van der Waals surface area contributed by atoms with Gasteiger partial charge in [0.05, 0.1) is 18.2 Å². The third-order valence-electron chi connectivity index (χ3n) is 3.90. The summed E-state index contributed by atoms with van der Waals surface area (Å²) in [5, 5.41) is 11.5. The van der Waals surface area contributed by atoms with Gasteiger partial charge >= 0.3 is 6.03 Å². The van der Waals surface area contributed by atoms with Crippen molar-refractivity contribution >= 4 is 6.03 Å². The third kappa shape index (κ3) is 4.22. The average molecular weight is 323 g/mol. The summed E-state index contributed by atoms with van der Waals surface area (Å²) >= 11 is 0. The molecule has 7 heteroatoms. The van der Waals surface area contributed by atoms with Crippen LogP contribution in [0, 0.1) is 0 Å². The van der Waals surface area contributed by atoms with Gasteiger partial charge in [0.25, 0.3) is 0 Å². The van der Waals surface area contributed by atoms with Gasteiger partial charge < -0.3 is 19.5 Å². The Kier molecular flexibility index (Phi) is 5.29. The molecule has 1 N–H and O–H groups in total. The Morgan fingerprint density at radius 3 is 2.65 bits per heavy atom. The molecule has 0 aromatic carbocycles. The van der Waals surface area contributed by atoms with Gasteiger partial charge in [-0.3, -0.25) is 0 Å². The third-order valence-corrected chi connectivity index (χ3v) is 3.90. The van der Waals surface area contributed by atoms with Crippen molar-refractivity contribution in [3.63, 3.8) is 0 Å². The zero-order valence-corrected chi connectivity index (χ0v) is 15.1. The second-order valence-corrected chi connectivity index (χ2v) is 7.28. The molecule has 2 rings (SSSR count). The molecule has 7 nitrogen and oxygen atoms in total. The number of carbonyl (C=O) groups is 1. The number of aromatic nitrogens is 3. The predicted molar refractivity (Wildman–Crippen MR) is 88.3 cm³/mol. The van der Waals surface area contributed by atoms with E-state index in [1.54, 1.807) is 0 Å². The van der Waals surface area contributed by atoms with Crippen molar-refractivity contribution in [2.24, 2.45) is 0 Å². The lowest BCUT2D eigenvalue weighted by Gasteiger charge is -2.34. The van der Waals surface area contributed by atoms with Crippen LogP contribution in [0.4, 0.5) is 4.79 Å². The summed E-state index contributed by atoms with van der Waals surface area (Å²) in [7, 11) is 0. The van der Waals surface area contributed by atoms with Gasteiger partial charge in [0.1, 0.15) is 5.82 Å². The van der Waals surface area contributed by atoms with Crippen molar-refractivity contribution in [2.75, 3.05) is 19.7 Å². The normalized spacial score (nSPS) is 18.2. The summed E-state index contributed by atoms with van der Waals surface area (Å²) in [5.41, 5.74) is -0.188. The summed E-state index contributed by atoms with van der Waals surface area (Å²) in [6, 6.07) is -0.150. The highest BCUT2D eigenvalue weighted by Gasteiger charge is 2.31. The minimum absolute atomic E-state index is 0.0737. The summed E-state index contributed by atoms with van der Waals surface area (Å²) in [6.45, 7) is 14.6. The van der Waals surface area contributed by atoms with E-state index in [0.29, 0.717) is 25.6 Å². The van der Waals surface area contributed by atoms with Crippen molar-refractivity contribution in [3.8, 4) is 0 Å². The lowest BCUT2D eigenvalue weighted by molar-refractivity contribution is -0.000551. The molecule has 23 heavy (non-hydrogen) atoms. The SMILES string of the molecule is CC(C)c1nnc2n1CCN(C(=O)NCCOC(C)(C)C)C2C. The van der Waals surface area contributed by atoms with Crippen molar-refractivity contribution in [1.82, 2.24) is 25.0 Å². The summed E-state index contributed by atoms with van der Waals surface area (Å²) in [6.07, 6.45) is 0. The molecule has 0 spiro atoms. The molecule has 1 aliphatic rings. The van der Waals surface area contributed by atoms with Crippen molar-refractivity contribution in [3.05, 3.63) is 11.6 Å². The van der Waals surface area contributed by atoms with Crippen LogP contribution in [-0.4, -0.2) is 51.0 Å². The molecule has 0 saturated carbocycles. The molecule has 1 atom stereocenters. The fourth-order valence-corrected chi connectivity index (χ4v) is 2.73. The van der Waals surface area contributed by atoms with Gasteiger partial charge in [-0.25, -0.2) is 4.79 Å². The maximum Gasteiger partial charge on any atom is 0.318 e. The highest BCUT2D eigenvalue weighted by Crippen LogP contribution is 2.26. The molecule has 0 bridgehead atoms. The quantitative estimate of drug-likeness (QED) is 0.863. The Labute approximate surface area is 138 Å². The largest absolute Gasteiger partial charge is 0.374 e. The second kappa shape index (κ2) is 6.86. The van der Waals surface area contributed by atoms with Gasteiger partial charge in [-0.15, -0.1) is 10.2 Å². The molecule has 0 radical (unpaired) electrons. The molecule has 1 aromatic rings. The summed E-state index contributed by atoms with van der Waals surface area (Å²) in [5.74, 6) is 2.19. The van der Waals surface area contributed by atoms with E-state index < -0.39 is 0 Å². The van der Waals surface area contributed by atoms with Gasteiger partial charge in [0, 0.05) is 25.6 Å². The molecule has 130 valence electrons. The van der Waals surface area contributed by atoms with Crippen LogP contribution in [0.25, 0.3) is 0 Å². The van der Waals surface area contributed by atoms with Crippen LogP contribution >= 0.6 is 0 Å². The predicted octanol–water partition coefficient (Wildman–Crippen LogP) is 2.30. The number of fused-ring (bicyclic) bond motifs is 1. The van der Waals surface area contributed by atoms with E-state index in [0.717, 1.165) is 18.2 Å².